The van der Waals surface area contributed by atoms with Crippen molar-refractivity contribution < 1.29 is 14.3 Å². The highest BCUT2D eigenvalue weighted by molar-refractivity contribution is 5.75. The van der Waals surface area contributed by atoms with E-state index in [0.717, 1.165) is 44.6 Å². The molecular formula is C30H37NO3. The van der Waals surface area contributed by atoms with E-state index >= 15 is 0 Å². The number of methoxy groups -OCH3 is 1. The number of hydrogen-bond acceptors (Lipinski definition) is 4. The van der Waals surface area contributed by atoms with Crippen LogP contribution in [0.15, 0.2) is 66.7 Å². The number of rotatable bonds is 7. The number of carbonyl (C=O) groups is 1. The molecular weight excluding hydrogens is 422 g/mol. The standard InChI is InChI=1S/C30H37NO3/c1-21-8-7-15-30(2)17-28-25(16-27(21)30)26(29(32)34-28)20-31(18-22-9-5-4-6-10-22)19-23-11-13-24(33-3)14-12-23/h4-6,9-14,25-28H,1,7-8,15-20H2,2-3H3/t25-,26-,27-,28-,30-/m1/s1. The molecule has 5 atom stereocenters. The minimum absolute atomic E-state index is 0.00403. The summed E-state index contributed by atoms with van der Waals surface area (Å²) in [5.41, 5.74) is 4.11. The van der Waals surface area contributed by atoms with Crippen LogP contribution in [0, 0.1) is 23.2 Å². The molecule has 4 heteroatoms. The predicted molar refractivity (Wildman–Crippen MR) is 134 cm³/mol. The fraction of sp³-hybridized carbons (Fsp3) is 0.500. The van der Waals surface area contributed by atoms with Gasteiger partial charge in [-0.25, -0.2) is 0 Å². The molecule has 0 spiro atoms. The topological polar surface area (TPSA) is 38.8 Å². The lowest BCUT2D eigenvalue weighted by Crippen LogP contribution is -2.45. The number of carbonyl (C=O) groups excluding carboxylic acids is 1. The summed E-state index contributed by atoms with van der Waals surface area (Å²) in [5, 5.41) is 0. The molecule has 0 aromatic heterocycles. The Morgan fingerprint density at radius 1 is 1.09 bits per heavy atom. The van der Waals surface area contributed by atoms with Gasteiger partial charge >= 0.3 is 5.97 Å². The van der Waals surface area contributed by atoms with E-state index in [2.05, 4.69) is 54.8 Å². The van der Waals surface area contributed by atoms with Crippen LogP contribution < -0.4 is 4.74 Å². The Labute approximate surface area is 203 Å². The Hall–Kier alpha value is -2.59. The highest BCUT2D eigenvalue weighted by Crippen LogP contribution is 2.57. The van der Waals surface area contributed by atoms with E-state index < -0.39 is 0 Å². The monoisotopic (exact) mass is 459 g/mol. The van der Waals surface area contributed by atoms with E-state index in [1.807, 2.05) is 18.2 Å². The fourth-order valence-electron chi connectivity index (χ4n) is 6.76. The summed E-state index contributed by atoms with van der Waals surface area (Å²) in [6.07, 6.45) is 5.66. The Kier molecular flexibility index (Phi) is 6.52. The van der Waals surface area contributed by atoms with Crippen molar-refractivity contribution in [2.45, 2.75) is 58.2 Å². The first-order valence-corrected chi connectivity index (χ1v) is 12.7. The van der Waals surface area contributed by atoms with Crippen molar-refractivity contribution in [3.8, 4) is 5.75 Å². The van der Waals surface area contributed by atoms with Crippen LogP contribution in [0.5, 0.6) is 5.75 Å². The summed E-state index contributed by atoms with van der Waals surface area (Å²) in [6, 6.07) is 18.8. The minimum atomic E-state index is -0.0776. The molecule has 3 aliphatic rings. The van der Waals surface area contributed by atoms with Crippen LogP contribution in [0.3, 0.4) is 0 Å². The molecule has 1 heterocycles. The van der Waals surface area contributed by atoms with Gasteiger partial charge in [-0.15, -0.1) is 0 Å². The van der Waals surface area contributed by atoms with Crippen molar-refractivity contribution in [3.05, 3.63) is 77.9 Å². The summed E-state index contributed by atoms with van der Waals surface area (Å²) >= 11 is 0. The molecule has 2 aromatic carbocycles. The van der Waals surface area contributed by atoms with Crippen LogP contribution >= 0.6 is 0 Å². The van der Waals surface area contributed by atoms with Gasteiger partial charge in [0, 0.05) is 25.6 Å². The van der Waals surface area contributed by atoms with Crippen molar-refractivity contribution in [2.24, 2.45) is 23.2 Å². The summed E-state index contributed by atoms with van der Waals surface area (Å²) < 4.78 is 11.4. The average Bonchev–Trinajstić information content (AvgIpc) is 3.12. The van der Waals surface area contributed by atoms with Gasteiger partial charge in [-0.2, -0.15) is 0 Å². The average molecular weight is 460 g/mol. The zero-order chi connectivity index (χ0) is 23.7. The molecule has 2 aliphatic carbocycles. The minimum Gasteiger partial charge on any atom is -0.497 e. The maximum absolute atomic E-state index is 13.2. The van der Waals surface area contributed by atoms with Gasteiger partial charge in [-0.3, -0.25) is 9.69 Å². The highest BCUT2D eigenvalue weighted by atomic mass is 16.6. The third kappa shape index (κ3) is 4.65. The van der Waals surface area contributed by atoms with Crippen LogP contribution in [0.1, 0.15) is 50.2 Å². The molecule has 2 aromatic rings. The van der Waals surface area contributed by atoms with E-state index in [-0.39, 0.29) is 29.3 Å². The van der Waals surface area contributed by atoms with Crippen LogP contribution in [0.4, 0.5) is 0 Å². The number of fused-ring (bicyclic) bond motifs is 2. The largest absolute Gasteiger partial charge is 0.497 e. The van der Waals surface area contributed by atoms with Crippen molar-refractivity contribution in [2.75, 3.05) is 13.7 Å². The number of nitrogens with zero attached hydrogens (tertiary/aromatic N) is 1. The first-order valence-electron chi connectivity index (χ1n) is 12.7. The molecule has 2 saturated carbocycles. The first-order chi connectivity index (χ1) is 16.4. The molecule has 0 unspecified atom stereocenters. The van der Waals surface area contributed by atoms with E-state index in [0.29, 0.717) is 5.92 Å². The first kappa shape index (κ1) is 23.2. The van der Waals surface area contributed by atoms with E-state index in [4.69, 9.17) is 9.47 Å². The van der Waals surface area contributed by atoms with Crippen molar-refractivity contribution in [3.63, 3.8) is 0 Å². The zero-order valence-electron chi connectivity index (χ0n) is 20.5. The Morgan fingerprint density at radius 3 is 2.50 bits per heavy atom. The SMILES string of the molecule is C=C1CCC[C@]2(C)C[C@H]3OC(=O)[C@H](CN(Cc4ccccc4)Cc4ccc(OC)cc4)[C@H]3C[C@H]12. The van der Waals surface area contributed by atoms with E-state index in [9.17, 15) is 4.79 Å². The van der Waals surface area contributed by atoms with E-state index in [1.54, 1.807) is 7.11 Å². The maximum Gasteiger partial charge on any atom is 0.310 e. The molecule has 1 aliphatic heterocycles. The number of hydrogen-bond donors (Lipinski definition) is 0. The van der Waals surface area contributed by atoms with Crippen molar-refractivity contribution in [1.82, 2.24) is 4.90 Å². The molecule has 0 bridgehead atoms. The number of ether oxygens (including phenoxy) is 2. The number of benzene rings is 2. The van der Waals surface area contributed by atoms with E-state index in [1.165, 1.54) is 29.5 Å². The van der Waals surface area contributed by atoms with Crippen LogP contribution in [-0.2, 0) is 22.6 Å². The lowest BCUT2D eigenvalue weighted by molar-refractivity contribution is -0.146. The van der Waals surface area contributed by atoms with Gasteiger partial charge in [-0.1, -0.05) is 61.5 Å². The molecule has 0 radical (unpaired) electrons. The quantitative estimate of drug-likeness (QED) is 0.375. The summed E-state index contributed by atoms with van der Waals surface area (Å²) in [5.74, 6) is 1.58. The highest BCUT2D eigenvalue weighted by Gasteiger charge is 2.55. The maximum atomic E-state index is 13.2. The Morgan fingerprint density at radius 2 is 1.79 bits per heavy atom. The molecule has 0 amide bonds. The second-order valence-corrected chi connectivity index (χ2v) is 10.9. The van der Waals surface area contributed by atoms with Gasteiger partial charge in [0.15, 0.2) is 0 Å². The van der Waals surface area contributed by atoms with Gasteiger partial charge in [0.05, 0.1) is 13.0 Å². The second-order valence-electron chi connectivity index (χ2n) is 10.9. The summed E-state index contributed by atoms with van der Waals surface area (Å²) in [7, 11) is 1.69. The normalized spacial score (nSPS) is 30.6. The van der Waals surface area contributed by atoms with Crippen LogP contribution in [-0.4, -0.2) is 30.6 Å². The van der Waals surface area contributed by atoms with Gasteiger partial charge in [0.25, 0.3) is 0 Å². The van der Waals surface area contributed by atoms with Crippen molar-refractivity contribution >= 4 is 5.97 Å². The number of esters is 1. The lowest BCUT2D eigenvalue weighted by Gasteiger charge is -2.50. The van der Waals surface area contributed by atoms with Crippen LogP contribution in [0.2, 0.25) is 0 Å². The summed E-state index contributed by atoms with van der Waals surface area (Å²) in [6.45, 7) is 9.15. The summed E-state index contributed by atoms with van der Waals surface area (Å²) in [4.78, 5) is 15.6. The molecule has 180 valence electrons. The Balaban J connectivity index is 1.36. The molecule has 4 nitrogen and oxygen atoms in total. The van der Waals surface area contributed by atoms with Gasteiger partial charge in [0.2, 0.25) is 0 Å². The lowest BCUT2D eigenvalue weighted by atomic mass is 9.55. The van der Waals surface area contributed by atoms with Gasteiger partial charge < -0.3 is 9.47 Å². The van der Waals surface area contributed by atoms with Crippen LogP contribution in [0.25, 0.3) is 0 Å². The molecule has 1 saturated heterocycles. The zero-order valence-corrected chi connectivity index (χ0v) is 20.5. The third-order valence-electron chi connectivity index (χ3n) is 8.59. The predicted octanol–water partition coefficient (Wildman–Crippen LogP) is 6.01. The molecule has 3 fully saturated rings. The second kappa shape index (κ2) is 9.58. The smallest absolute Gasteiger partial charge is 0.310 e. The van der Waals surface area contributed by atoms with Crippen molar-refractivity contribution in [1.29, 1.82) is 0 Å². The fourth-order valence-corrected chi connectivity index (χ4v) is 6.76. The Bertz CT molecular complexity index is 1020. The molecule has 5 rings (SSSR count). The van der Waals surface area contributed by atoms with Gasteiger partial charge in [0.1, 0.15) is 11.9 Å². The number of allylic oxidation sites excluding steroid dienone is 1. The van der Waals surface area contributed by atoms with Gasteiger partial charge in [-0.05, 0) is 66.7 Å². The third-order valence-corrected chi connectivity index (χ3v) is 8.59. The molecule has 34 heavy (non-hydrogen) atoms. The molecule has 0 N–H and O–H groups in total.